The molecule has 8 heteroatoms. The third kappa shape index (κ3) is 8.18. The summed E-state index contributed by atoms with van der Waals surface area (Å²) in [5.41, 5.74) is 0.828. The van der Waals surface area contributed by atoms with Gasteiger partial charge in [-0.25, -0.2) is 4.39 Å². The Kier molecular flexibility index (Phi) is 11.6. The molecule has 1 fully saturated rings. The van der Waals surface area contributed by atoms with E-state index in [1.807, 2.05) is 13.0 Å². The molecule has 154 valence electrons. The van der Waals surface area contributed by atoms with Gasteiger partial charge in [-0.15, -0.1) is 24.0 Å². The van der Waals surface area contributed by atoms with Crippen molar-refractivity contribution >= 4 is 29.9 Å². The summed E-state index contributed by atoms with van der Waals surface area (Å²) in [5.74, 6) is 0.555. The van der Waals surface area contributed by atoms with Gasteiger partial charge in [0.15, 0.2) is 17.5 Å². The van der Waals surface area contributed by atoms with E-state index in [2.05, 4.69) is 15.6 Å². The van der Waals surface area contributed by atoms with Crippen LogP contribution in [0.5, 0.6) is 5.75 Å². The quantitative estimate of drug-likeness (QED) is 0.251. The number of hydrogen-bond donors (Lipinski definition) is 2. The van der Waals surface area contributed by atoms with Crippen LogP contribution in [0.25, 0.3) is 0 Å². The topological polar surface area (TPSA) is 64.1 Å². The molecule has 1 saturated heterocycles. The maximum absolute atomic E-state index is 13.9. The van der Waals surface area contributed by atoms with Crippen LogP contribution in [0, 0.1) is 5.82 Å². The zero-order valence-electron chi connectivity index (χ0n) is 16.3. The van der Waals surface area contributed by atoms with Crippen LogP contribution in [0.4, 0.5) is 4.39 Å². The maximum atomic E-state index is 13.9. The first-order chi connectivity index (χ1) is 12.6. The number of halogens is 2. The van der Waals surface area contributed by atoms with Gasteiger partial charge < -0.3 is 24.8 Å². The van der Waals surface area contributed by atoms with Gasteiger partial charge in [-0.2, -0.15) is 0 Å². The number of benzene rings is 1. The highest BCUT2D eigenvalue weighted by atomic mass is 127. The van der Waals surface area contributed by atoms with Gasteiger partial charge >= 0.3 is 0 Å². The maximum Gasteiger partial charge on any atom is 0.191 e. The van der Waals surface area contributed by atoms with Gasteiger partial charge in [-0.05, 0) is 43.9 Å². The number of methoxy groups -OCH3 is 1. The van der Waals surface area contributed by atoms with Crippen molar-refractivity contribution in [3.05, 3.63) is 29.6 Å². The standard InChI is InChI=1S/C19H30FN3O3.HI/c1-14(15-5-6-18(24-3)17(20)13-15)23-19(21-2)22-9-4-10-26-16-7-11-25-12-8-16;/h5-6,13-14,16H,4,7-12H2,1-3H3,(H2,21,22,23);1H. The molecule has 0 saturated carbocycles. The number of nitrogens with one attached hydrogen (secondary N) is 2. The number of nitrogens with zero attached hydrogens (tertiary/aromatic N) is 1. The average Bonchev–Trinajstić information content (AvgIpc) is 2.67. The lowest BCUT2D eigenvalue weighted by molar-refractivity contribution is -0.0320. The molecule has 1 aliphatic rings. The molecule has 0 radical (unpaired) electrons. The second-order valence-electron chi connectivity index (χ2n) is 6.30. The van der Waals surface area contributed by atoms with E-state index in [0.29, 0.717) is 18.7 Å². The van der Waals surface area contributed by atoms with Crippen LogP contribution in [-0.4, -0.2) is 52.6 Å². The average molecular weight is 495 g/mol. The highest BCUT2D eigenvalue weighted by Crippen LogP contribution is 2.21. The lowest BCUT2D eigenvalue weighted by atomic mass is 10.1. The van der Waals surface area contributed by atoms with E-state index in [1.165, 1.54) is 13.2 Å². The Hall–Kier alpha value is -1.13. The van der Waals surface area contributed by atoms with Gasteiger partial charge in [0.2, 0.25) is 0 Å². The fourth-order valence-corrected chi connectivity index (χ4v) is 2.81. The van der Waals surface area contributed by atoms with Gasteiger partial charge in [0.25, 0.3) is 0 Å². The molecule has 0 bridgehead atoms. The van der Waals surface area contributed by atoms with E-state index in [1.54, 1.807) is 13.1 Å². The molecule has 2 rings (SSSR count). The monoisotopic (exact) mass is 495 g/mol. The van der Waals surface area contributed by atoms with Gasteiger partial charge in [-0.3, -0.25) is 4.99 Å². The highest BCUT2D eigenvalue weighted by molar-refractivity contribution is 14.0. The summed E-state index contributed by atoms with van der Waals surface area (Å²) in [4.78, 5) is 4.22. The Labute approximate surface area is 178 Å². The number of aliphatic imine (C=N–C) groups is 1. The fourth-order valence-electron chi connectivity index (χ4n) is 2.81. The summed E-state index contributed by atoms with van der Waals surface area (Å²) in [6.45, 7) is 5.02. The Morgan fingerprint density at radius 1 is 1.37 bits per heavy atom. The van der Waals surface area contributed by atoms with Crippen molar-refractivity contribution < 1.29 is 18.6 Å². The molecule has 0 spiro atoms. The molecule has 2 N–H and O–H groups in total. The first-order valence-electron chi connectivity index (χ1n) is 9.14. The van der Waals surface area contributed by atoms with E-state index in [0.717, 1.165) is 44.6 Å². The van der Waals surface area contributed by atoms with Crippen LogP contribution < -0.4 is 15.4 Å². The zero-order valence-corrected chi connectivity index (χ0v) is 18.6. The molecule has 6 nitrogen and oxygen atoms in total. The summed E-state index contributed by atoms with van der Waals surface area (Å²) in [7, 11) is 3.17. The zero-order chi connectivity index (χ0) is 18.8. The summed E-state index contributed by atoms with van der Waals surface area (Å²) in [6.07, 6.45) is 3.18. The first kappa shape index (κ1) is 23.9. The van der Waals surface area contributed by atoms with Crippen LogP contribution in [-0.2, 0) is 9.47 Å². The predicted molar refractivity (Wildman–Crippen MR) is 116 cm³/mol. The molecule has 1 heterocycles. The van der Waals surface area contributed by atoms with Crippen molar-refractivity contribution in [1.82, 2.24) is 10.6 Å². The minimum absolute atomic E-state index is 0. The van der Waals surface area contributed by atoms with Crippen molar-refractivity contribution in [2.24, 2.45) is 4.99 Å². The number of hydrogen-bond acceptors (Lipinski definition) is 4. The lowest BCUT2D eigenvalue weighted by Crippen LogP contribution is -2.39. The summed E-state index contributed by atoms with van der Waals surface area (Å²) < 4.78 is 30.0. The summed E-state index contributed by atoms with van der Waals surface area (Å²) in [6, 6.07) is 4.87. The summed E-state index contributed by atoms with van der Waals surface area (Å²) >= 11 is 0. The molecule has 0 aliphatic carbocycles. The van der Waals surface area contributed by atoms with Gasteiger partial charge in [0.05, 0.1) is 19.3 Å². The van der Waals surface area contributed by atoms with Crippen molar-refractivity contribution in [1.29, 1.82) is 0 Å². The van der Waals surface area contributed by atoms with Crippen molar-refractivity contribution in [2.45, 2.75) is 38.3 Å². The molecule has 1 atom stereocenters. The molecule has 0 aromatic heterocycles. The smallest absolute Gasteiger partial charge is 0.191 e. The van der Waals surface area contributed by atoms with Crippen LogP contribution >= 0.6 is 24.0 Å². The molecule has 1 aromatic carbocycles. The summed E-state index contributed by atoms with van der Waals surface area (Å²) in [5, 5.41) is 6.52. The van der Waals surface area contributed by atoms with E-state index in [9.17, 15) is 4.39 Å². The van der Waals surface area contributed by atoms with E-state index in [-0.39, 0.29) is 41.6 Å². The predicted octanol–water partition coefficient (Wildman–Crippen LogP) is 3.26. The highest BCUT2D eigenvalue weighted by Gasteiger charge is 2.14. The molecule has 1 aromatic rings. The Morgan fingerprint density at radius 2 is 2.11 bits per heavy atom. The molecule has 27 heavy (non-hydrogen) atoms. The number of ether oxygens (including phenoxy) is 3. The second kappa shape index (κ2) is 13.1. The van der Waals surface area contributed by atoms with Crippen LogP contribution in [0.3, 0.4) is 0 Å². The van der Waals surface area contributed by atoms with Crippen LogP contribution in [0.1, 0.15) is 37.8 Å². The van der Waals surface area contributed by atoms with E-state index in [4.69, 9.17) is 14.2 Å². The van der Waals surface area contributed by atoms with Crippen molar-refractivity contribution in [2.75, 3.05) is 40.5 Å². The van der Waals surface area contributed by atoms with E-state index >= 15 is 0 Å². The Balaban J connectivity index is 0.00000364. The first-order valence-corrected chi connectivity index (χ1v) is 9.14. The van der Waals surface area contributed by atoms with Crippen LogP contribution in [0.2, 0.25) is 0 Å². The van der Waals surface area contributed by atoms with E-state index < -0.39 is 0 Å². The largest absolute Gasteiger partial charge is 0.494 e. The molecule has 1 unspecified atom stereocenters. The minimum Gasteiger partial charge on any atom is -0.494 e. The lowest BCUT2D eigenvalue weighted by Gasteiger charge is -2.22. The number of guanidine groups is 1. The van der Waals surface area contributed by atoms with Crippen LogP contribution in [0.15, 0.2) is 23.2 Å². The minimum atomic E-state index is -0.369. The third-order valence-corrected chi connectivity index (χ3v) is 4.39. The normalized spacial score (nSPS) is 16.4. The SMILES string of the molecule is CN=C(NCCCOC1CCOCC1)NC(C)c1ccc(OC)c(F)c1.I. The second-order valence-corrected chi connectivity index (χ2v) is 6.30. The van der Waals surface area contributed by atoms with Crippen molar-refractivity contribution in [3.8, 4) is 5.75 Å². The fraction of sp³-hybridized carbons (Fsp3) is 0.632. The number of rotatable bonds is 8. The molecule has 1 aliphatic heterocycles. The molecule has 0 amide bonds. The molecular weight excluding hydrogens is 464 g/mol. The van der Waals surface area contributed by atoms with Crippen molar-refractivity contribution in [3.63, 3.8) is 0 Å². The Morgan fingerprint density at radius 3 is 2.74 bits per heavy atom. The van der Waals surface area contributed by atoms with Gasteiger partial charge in [-0.1, -0.05) is 6.07 Å². The molecular formula is C19H31FIN3O3. The Bertz CT molecular complexity index is 583. The third-order valence-electron chi connectivity index (χ3n) is 4.39. The van der Waals surface area contributed by atoms with Gasteiger partial charge in [0, 0.05) is 33.4 Å². The van der Waals surface area contributed by atoms with Gasteiger partial charge in [0.1, 0.15) is 0 Å².